The lowest BCUT2D eigenvalue weighted by Gasteiger charge is -2.17. The number of hydrogen-bond donors (Lipinski definition) is 2. The average Bonchev–Trinajstić information content (AvgIpc) is 3.32. The van der Waals surface area contributed by atoms with Crippen LogP contribution in [0.25, 0.3) is 16.6 Å². The molecule has 0 spiro atoms. The Balaban J connectivity index is 1.46. The molecular weight excluding hydrogens is 451 g/mol. The third-order valence-corrected chi connectivity index (χ3v) is 5.78. The molecule has 0 saturated heterocycles. The van der Waals surface area contributed by atoms with Gasteiger partial charge in [-0.25, -0.2) is 4.39 Å². The Morgan fingerprint density at radius 1 is 0.912 bits per heavy atom. The van der Waals surface area contributed by atoms with Crippen LogP contribution < -0.4 is 10.6 Å². The van der Waals surface area contributed by atoms with E-state index in [2.05, 4.69) is 20.8 Å². The van der Waals surface area contributed by atoms with Gasteiger partial charge in [-0.15, -0.1) is 10.2 Å². The Labute approximate surface area is 200 Å². The van der Waals surface area contributed by atoms with Crippen molar-refractivity contribution in [1.82, 2.24) is 15.5 Å². The second-order valence-corrected chi connectivity index (χ2v) is 8.38. The van der Waals surface area contributed by atoms with Gasteiger partial charge in [0.15, 0.2) is 0 Å². The molecule has 1 unspecified atom stereocenters. The van der Waals surface area contributed by atoms with Crippen LogP contribution in [-0.2, 0) is 16.0 Å². The van der Waals surface area contributed by atoms with Crippen LogP contribution in [0, 0.1) is 5.82 Å². The van der Waals surface area contributed by atoms with Crippen molar-refractivity contribution in [3.05, 3.63) is 108 Å². The number of halogens is 1. The number of hydrogen-bond acceptors (Lipinski definition) is 5. The zero-order chi connectivity index (χ0) is 23.8. The van der Waals surface area contributed by atoms with Crippen molar-refractivity contribution < 1.29 is 14.0 Å². The molecule has 0 bridgehead atoms. The maximum absolute atomic E-state index is 13.2. The van der Waals surface area contributed by atoms with Crippen LogP contribution in [0.1, 0.15) is 11.1 Å². The maximum atomic E-state index is 13.2. The predicted molar refractivity (Wildman–Crippen MR) is 131 cm³/mol. The van der Waals surface area contributed by atoms with Gasteiger partial charge >= 0.3 is 0 Å². The predicted octanol–water partition coefficient (Wildman–Crippen LogP) is 4.72. The lowest BCUT2D eigenvalue weighted by molar-refractivity contribution is -0.123. The summed E-state index contributed by atoms with van der Waals surface area (Å²) in [5, 5.41) is 14.4. The highest BCUT2D eigenvalue weighted by molar-refractivity contribution is 7.18. The molecule has 4 rings (SSSR count). The second-order valence-electron chi connectivity index (χ2n) is 7.40. The van der Waals surface area contributed by atoms with Gasteiger partial charge in [0.2, 0.25) is 16.9 Å². The zero-order valence-electron chi connectivity index (χ0n) is 18.0. The normalized spacial score (nSPS) is 11.8. The summed E-state index contributed by atoms with van der Waals surface area (Å²) >= 11 is 1.17. The quantitative estimate of drug-likeness (QED) is 0.364. The van der Waals surface area contributed by atoms with Crippen LogP contribution in [0.3, 0.4) is 0 Å². The first-order chi connectivity index (χ1) is 16.6. The lowest BCUT2D eigenvalue weighted by atomic mass is 10.1. The Morgan fingerprint density at radius 3 is 2.29 bits per heavy atom. The number of carbonyl (C=O) groups excluding carboxylic acids is 2. The molecule has 0 aliphatic heterocycles. The largest absolute Gasteiger partial charge is 0.340 e. The molecule has 3 aromatic carbocycles. The Bertz CT molecular complexity index is 1280. The summed E-state index contributed by atoms with van der Waals surface area (Å²) < 4.78 is 13.2. The zero-order valence-corrected chi connectivity index (χ0v) is 18.8. The smallest absolute Gasteiger partial charge is 0.249 e. The van der Waals surface area contributed by atoms with E-state index in [1.165, 1.54) is 29.5 Å². The van der Waals surface area contributed by atoms with Gasteiger partial charge in [0.1, 0.15) is 16.9 Å². The van der Waals surface area contributed by atoms with Gasteiger partial charge in [-0.05, 0) is 41.5 Å². The number of nitrogens with zero attached hydrogens (tertiary/aromatic N) is 2. The molecule has 0 aliphatic carbocycles. The van der Waals surface area contributed by atoms with E-state index < -0.39 is 11.9 Å². The minimum absolute atomic E-state index is 0.288. The van der Waals surface area contributed by atoms with E-state index in [-0.39, 0.29) is 16.9 Å². The Kier molecular flexibility index (Phi) is 7.52. The van der Waals surface area contributed by atoms with E-state index >= 15 is 0 Å². The van der Waals surface area contributed by atoms with Crippen LogP contribution in [0.15, 0.2) is 91.0 Å². The van der Waals surface area contributed by atoms with E-state index in [0.29, 0.717) is 17.0 Å². The summed E-state index contributed by atoms with van der Waals surface area (Å²) in [6.45, 7) is 0. The van der Waals surface area contributed by atoms with Crippen molar-refractivity contribution in [3.63, 3.8) is 0 Å². The highest BCUT2D eigenvalue weighted by Crippen LogP contribution is 2.26. The standard InChI is InChI=1S/C26H21FN4O2S/c27-21-14-12-20(13-15-21)25-30-31-26(34-25)29-24(33)22(17-19-9-5-2-6-10-19)28-23(32)16-11-18-7-3-1-4-8-18/h1-16,22H,17H2,(H,28,32)(H,29,31,33)/b16-11+. The molecule has 2 N–H and O–H groups in total. The summed E-state index contributed by atoms with van der Waals surface area (Å²) in [6.07, 6.45) is 3.39. The van der Waals surface area contributed by atoms with Crippen LogP contribution >= 0.6 is 11.3 Å². The maximum Gasteiger partial charge on any atom is 0.249 e. The molecule has 4 aromatic rings. The van der Waals surface area contributed by atoms with Gasteiger partial charge in [-0.2, -0.15) is 0 Å². The average molecular weight is 473 g/mol. The Morgan fingerprint density at radius 2 is 1.59 bits per heavy atom. The third kappa shape index (κ3) is 6.43. The van der Waals surface area contributed by atoms with Crippen molar-refractivity contribution in [2.45, 2.75) is 12.5 Å². The van der Waals surface area contributed by atoms with E-state index in [9.17, 15) is 14.0 Å². The van der Waals surface area contributed by atoms with Crippen molar-refractivity contribution in [3.8, 4) is 10.6 Å². The summed E-state index contributed by atoms with van der Waals surface area (Å²) in [5.74, 6) is -1.14. The molecule has 170 valence electrons. The van der Waals surface area contributed by atoms with Gasteiger partial charge in [0.25, 0.3) is 0 Å². The van der Waals surface area contributed by atoms with Gasteiger partial charge in [-0.3, -0.25) is 14.9 Å². The monoisotopic (exact) mass is 472 g/mol. The van der Waals surface area contributed by atoms with Crippen LogP contribution in [0.4, 0.5) is 9.52 Å². The fourth-order valence-electron chi connectivity index (χ4n) is 3.19. The molecule has 1 aromatic heterocycles. The van der Waals surface area contributed by atoms with Crippen LogP contribution in [0.2, 0.25) is 0 Å². The van der Waals surface area contributed by atoms with Gasteiger partial charge < -0.3 is 5.32 Å². The SMILES string of the molecule is O=C(/C=C/c1ccccc1)NC(Cc1ccccc1)C(=O)Nc1nnc(-c2ccc(F)cc2)s1. The topological polar surface area (TPSA) is 84.0 Å². The number of carbonyl (C=O) groups is 2. The first-order valence-electron chi connectivity index (χ1n) is 10.5. The highest BCUT2D eigenvalue weighted by Gasteiger charge is 2.22. The third-order valence-electron chi connectivity index (χ3n) is 4.89. The van der Waals surface area contributed by atoms with E-state index in [1.807, 2.05) is 60.7 Å². The molecule has 0 saturated carbocycles. The van der Waals surface area contributed by atoms with Gasteiger partial charge in [0.05, 0.1) is 0 Å². The molecule has 0 aliphatic rings. The van der Waals surface area contributed by atoms with Crippen LogP contribution in [-0.4, -0.2) is 28.1 Å². The molecule has 0 fully saturated rings. The minimum atomic E-state index is -0.825. The number of nitrogens with one attached hydrogen (secondary N) is 2. The summed E-state index contributed by atoms with van der Waals surface area (Å²) in [6, 6.07) is 23.9. The molecule has 2 amide bonds. The second kappa shape index (κ2) is 11.1. The minimum Gasteiger partial charge on any atom is -0.340 e. The number of rotatable bonds is 8. The Hall–Kier alpha value is -4.17. The molecule has 8 heteroatoms. The number of aromatic nitrogens is 2. The first kappa shape index (κ1) is 23.0. The fraction of sp³-hybridized carbons (Fsp3) is 0.0769. The van der Waals surface area contributed by atoms with E-state index in [1.54, 1.807) is 18.2 Å². The molecule has 1 atom stereocenters. The molecule has 0 radical (unpaired) electrons. The molecule has 6 nitrogen and oxygen atoms in total. The highest BCUT2D eigenvalue weighted by atomic mass is 32.1. The lowest BCUT2D eigenvalue weighted by Crippen LogP contribution is -2.44. The van der Waals surface area contributed by atoms with E-state index in [0.717, 1.165) is 11.1 Å². The summed E-state index contributed by atoms with van der Waals surface area (Å²) in [7, 11) is 0. The molecular formula is C26H21FN4O2S. The van der Waals surface area contributed by atoms with Crippen molar-refractivity contribution in [2.24, 2.45) is 0 Å². The fourth-order valence-corrected chi connectivity index (χ4v) is 3.94. The number of amides is 2. The van der Waals surface area contributed by atoms with Crippen molar-refractivity contribution >= 4 is 34.4 Å². The van der Waals surface area contributed by atoms with Gasteiger partial charge in [-0.1, -0.05) is 72.0 Å². The van der Waals surface area contributed by atoms with Crippen molar-refractivity contribution in [1.29, 1.82) is 0 Å². The molecule has 1 heterocycles. The number of benzene rings is 3. The summed E-state index contributed by atoms with van der Waals surface area (Å²) in [5.41, 5.74) is 2.47. The number of anilines is 1. The molecule has 34 heavy (non-hydrogen) atoms. The van der Waals surface area contributed by atoms with Crippen LogP contribution in [0.5, 0.6) is 0 Å². The van der Waals surface area contributed by atoms with E-state index in [4.69, 9.17) is 0 Å². The summed E-state index contributed by atoms with van der Waals surface area (Å²) in [4.78, 5) is 25.6. The first-order valence-corrected chi connectivity index (χ1v) is 11.4. The van der Waals surface area contributed by atoms with Crippen molar-refractivity contribution in [2.75, 3.05) is 5.32 Å². The van der Waals surface area contributed by atoms with Gasteiger partial charge in [0, 0.05) is 18.1 Å².